The van der Waals surface area contributed by atoms with Crippen LogP contribution in [0.2, 0.25) is 0 Å². The van der Waals surface area contributed by atoms with Crippen LogP contribution in [0, 0.1) is 5.82 Å². The molecule has 1 aromatic carbocycles. The number of hydrazine groups is 1. The third-order valence-electron chi connectivity index (χ3n) is 5.67. The summed E-state index contributed by atoms with van der Waals surface area (Å²) in [6.45, 7) is 5.16. The smallest absolute Gasteiger partial charge is 0.295 e. The standard InChI is InChI=1S/C23H24FN7O3.C2H6/c24-17-14-28-21(31(26)9-7-25)19-18(17)16(6-8-27-19)20(32)23(34)30-12-10-29(11-13-30)22(33)15-4-2-1-3-5-15;1-2/h1-7,9,14,27H,8,10-13,25-26H2;1-2H3/b9-7-;. The van der Waals surface area contributed by atoms with Gasteiger partial charge in [-0.05, 0) is 12.1 Å². The number of halogens is 1. The first kappa shape index (κ1) is 26.4. The Hall–Kier alpha value is -4.25. The molecule has 1 fully saturated rings. The van der Waals surface area contributed by atoms with Gasteiger partial charge in [0.1, 0.15) is 0 Å². The van der Waals surface area contributed by atoms with Gasteiger partial charge in [-0.15, -0.1) is 0 Å². The number of pyridine rings is 1. The highest BCUT2D eigenvalue weighted by Crippen LogP contribution is 2.36. The number of nitrogens with two attached hydrogens (primary N) is 2. The molecule has 2 aromatic rings. The quantitative estimate of drug-likeness (QED) is 0.324. The van der Waals surface area contributed by atoms with Crippen molar-refractivity contribution < 1.29 is 18.8 Å². The van der Waals surface area contributed by atoms with Crippen molar-refractivity contribution in [2.24, 2.45) is 11.6 Å². The average Bonchev–Trinajstić information content (AvgIpc) is 2.93. The van der Waals surface area contributed by atoms with Crippen LogP contribution in [0.1, 0.15) is 29.8 Å². The number of piperazine rings is 1. The molecule has 190 valence electrons. The Kier molecular flexibility index (Phi) is 8.74. The number of hydrogen-bond acceptors (Lipinski definition) is 8. The molecule has 1 aromatic heterocycles. The van der Waals surface area contributed by atoms with Crippen LogP contribution < -0.4 is 21.9 Å². The van der Waals surface area contributed by atoms with Crippen LogP contribution in [-0.2, 0) is 9.59 Å². The molecule has 1 saturated heterocycles. The summed E-state index contributed by atoms with van der Waals surface area (Å²) in [4.78, 5) is 45.7. The zero-order valence-electron chi connectivity index (χ0n) is 20.3. The van der Waals surface area contributed by atoms with E-state index >= 15 is 0 Å². The summed E-state index contributed by atoms with van der Waals surface area (Å²) in [5, 5.41) is 4.04. The maximum absolute atomic E-state index is 14.8. The third-order valence-corrected chi connectivity index (χ3v) is 5.67. The van der Waals surface area contributed by atoms with Gasteiger partial charge in [-0.2, -0.15) is 0 Å². The van der Waals surface area contributed by atoms with E-state index in [1.807, 2.05) is 19.9 Å². The number of aromatic nitrogens is 1. The number of amides is 2. The van der Waals surface area contributed by atoms with Gasteiger partial charge in [0.25, 0.3) is 17.6 Å². The molecular formula is C25H30FN7O3. The topological polar surface area (TPSA) is 138 Å². The number of Topliss-reactive ketones (excluding diaryl/α,β-unsaturated/α-hetero) is 1. The molecule has 36 heavy (non-hydrogen) atoms. The third kappa shape index (κ3) is 5.36. The molecule has 2 aliphatic heterocycles. The van der Waals surface area contributed by atoms with Crippen LogP contribution in [0.15, 0.2) is 55.0 Å². The molecule has 3 heterocycles. The number of hydrogen-bond donors (Lipinski definition) is 3. The molecule has 0 bridgehead atoms. The van der Waals surface area contributed by atoms with Gasteiger partial charge in [-0.1, -0.05) is 38.1 Å². The van der Waals surface area contributed by atoms with Gasteiger partial charge in [0, 0.05) is 61.8 Å². The van der Waals surface area contributed by atoms with Crippen molar-refractivity contribution in [2.75, 3.05) is 43.0 Å². The van der Waals surface area contributed by atoms with E-state index in [0.29, 0.717) is 18.7 Å². The van der Waals surface area contributed by atoms with Crippen molar-refractivity contribution >= 4 is 34.7 Å². The Morgan fingerprint density at radius 3 is 2.36 bits per heavy atom. The van der Waals surface area contributed by atoms with Crippen LogP contribution in [-0.4, -0.2) is 65.1 Å². The van der Waals surface area contributed by atoms with Crippen LogP contribution in [0.3, 0.4) is 0 Å². The van der Waals surface area contributed by atoms with Crippen molar-refractivity contribution in [3.63, 3.8) is 0 Å². The van der Waals surface area contributed by atoms with Crippen molar-refractivity contribution in [3.05, 3.63) is 71.9 Å². The maximum Gasteiger partial charge on any atom is 0.295 e. The lowest BCUT2D eigenvalue weighted by Crippen LogP contribution is -2.52. The van der Waals surface area contributed by atoms with E-state index < -0.39 is 17.5 Å². The summed E-state index contributed by atoms with van der Waals surface area (Å²) in [5.41, 5.74) is 5.98. The first-order valence-electron chi connectivity index (χ1n) is 11.7. The van der Waals surface area contributed by atoms with Gasteiger partial charge in [-0.25, -0.2) is 15.2 Å². The molecule has 0 atom stereocenters. The number of carbonyl (C=O) groups is 3. The lowest BCUT2D eigenvalue weighted by atomic mass is 9.96. The number of carbonyl (C=O) groups excluding carboxylic acids is 3. The highest BCUT2D eigenvalue weighted by molar-refractivity contribution is 6.53. The fourth-order valence-corrected chi connectivity index (χ4v) is 3.97. The second kappa shape index (κ2) is 11.9. The summed E-state index contributed by atoms with van der Waals surface area (Å²) >= 11 is 0. The second-order valence-corrected chi connectivity index (χ2v) is 7.71. The Bertz CT molecular complexity index is 1180. The number of ketones is 1. The average molecular weight is 496 g/mol. The van der Waals surface area contributed by atoms with E-state index in [0.717, 1.165) is 11.2 Å². The van der Waals surface area contributed by atoms with E-state index in [2.05, 4.69) is 10.3 Å². The summed E-state index contributed by atoms with van der Waals surface area (Å²) in [7, 11) is 0. The molecule has 11 heteroatoms. The molecule has 0 unspecified atom stereocenters. The summed E-state index contributed by atoms with van der Waals surface area (Å²) < 4.78 is 14.8. The number of benzene rings is 1. The van der Waals surface area contributed by atoms with Crippen LogP contribution in [0.25, 0.3) is 5.57 Å². The van der Waals surface area contributed by atoms with E-state index in [4.69, 9.17) is 11.6 Å². The molecule has 5 N–H and O–H groups in total. The first-order chi connectivity index (χ1) is 17.4. The van der Waals surface area contributed by atoms with E-state index in [9.17, 15) is 18.8 Å². The largest absolute Gasteiger partial charge is 0.403 e. The fraction of sp³-hybridized carbons (Fsp3) is 0.280. The Morgan fingerprint density at radius 1 is 1.08 bits per heavy atom. The fourth-order valence-electron chi connectivity index (χ4n) is 3.97. The SMILES string of the molecule is CC.N/C=C\N(N)c1ncc(F)c2c1NCC=C2C(=O)C(=O)N1CCN(C(=O)c2ccccc2)CC1. The predicted molar refractivity (Wildman–Crippen MR) is 136 cm³/mol. The second-order valence-electron chi connectivity index (χ2n) is 7.71. The molecule has 0 radical (unpaired) electrons. The predicted octanol–water partition coefficient (Wildman–Crippen LogP) is 1.72. The molecule has 0 aliphatic carbocycles. The van der Waals surface area contributed by atoms with Crippen molar-refractivity contribution in [1.29, 1.82) is 0 Å². The minimum absolute atomic E-state index is 0.0622. The van der Waals surface area contributed by atoms with Crippen molar-refractivity contribution in [2.45, 2.75) is 13.8 Å². The number of anilines is 2. The van der Waals surface area contributed by atoms with Gasteiger partial charge in [-0.3, -0.25) is 19.4 Å². The normalized spacial score (nSPS) is 14.7. The zero-order valence-corrected chi connectivity index (χ0v) is 20.3. The van der Waals surface area contributed by atoms with E-state index in [1.165, 1.54) is 23.4 Å². The molecule has 4 rings (SSSR count). The summed E-state index contributed by atoms with van der Waals surface area (Å²) in [6, 6.07) is 8.86. The zero-order chi connectivity index (χ0) is 26.2. The van der Waals surface area contributed by atoms with Crippen molar-refractivity contribution in [3.8, 4) is 0 Å². The molecule has 2 aliphatic rings. The van der Waals surface area contributed by atoms with Crippen LogP contribution in [0.4, 0.5) is 15.9 Å². The van der Waals surface area contributed by atoms with Crippen LogP contribution in [0.5, 0.6) is 0 Å². The number of fused-ring (bicyclic) bond motifs is 1. The monoisotopic (exact) mass is 495 g/mol. The molecular weight excluding hydrogens is 465 g/mol. The Balaban J connectivity index is 0.00000176. The molecule has 10 nitrogen and oxygen atoms in total. The minimum Gasteiger partial charge on any atom is -0.403 e. The highest BCUT2D eigenvalue weighted by atomic mass is 19.1. The van der Waals surface area contributed by atoms with Crippen molar-refractivity contribution in [1.82, 2.24) is 14.8 Å². The number of nitrogens with zero attached hydrogens (tertiary/aromatic N) is 4. The summed E-state index contributed by atoms with van der Waals surface area (Å²) in [5.74, 6) is 3.56. The van der Waals surface area contributed by atoms with Gasteiger partial charge in [0.15, 0.2) is 11.6 Å². The van der Waals surface area contributed by atoms with E-state index in [-0.39, 0.29) is 48.2 Å². The van der Waals surface area contributed by atoms with Gasteiger partial charge >= 0.3 is 0 Å². The first-order valence-corrected chi connectivity index (χ1v) is 11.7. The Labute approximate surface area is 209 Å². The number of nitrogens with one attached hydrogen (secondary N) is 1. The van der Waals surface area contributed by atoms with Crippen LogP contribution >= 0.6 is 0 Å². The van der Waals surface area contributed by atoms with Gasteiger partial charge in [0.2, 0.25) is 0 Å². The lowest BCUT2D eigenvalue weighted by Gasteiger charge is -2.34. The van der Waals surface area contributed by atoms with Gasteiger partial charge in [0.05, 0.1) is 11.9 Å². The molecule has 0 saturated carbocycles. The molecule has 2 amide bonds. The Morgan fingerprint density at radius 2 is 1.72 bits per heavy atom. The summed E-state index contributed by atoms with van der Waals surface area (Å²) in [6.07, 6.45) is 4.91. The number of rotatable bonds is 5. The van der Waals surface area contributed by atoms with E-state index in [1.54, 1.807) is 29.2 Å². The van der Waals surface area contributed by atoms with Gasteiger partial charge < -0.3 is 20.9 Å². The highest BCUT2D eigenvalue weighted by Gasteiger charge is 2.34. The lowest BCUT2D eigenvalue weighted by molar-refractivity contribution is -0.142. The minimum atomic E-state index is -0.834. The maximum atomic E-state index is 14.8. The molecule has 0 spiro atoms.